The first kappa shape index (κ1) is 22.5. The van der Waals surface area contributed by atoms with Gasteiger partial charge in [-0.3, -0.25) is 4.79 Å². The molecule has 3 aromatic carbocycles. The molecule has 1 aromatic heterocycles. The van der Waals surface area contributed by atoms with Gasteiger partial charge in [-0.2, -0.15) is 10.4 Å². The topological polar surface area (TPSA) is 97.0 Å². The number of aromatic nitrogens is 2. The van der Waals surface area contributed by atoms with Crippen LogP contribution in [0.3, 0.4) is 0 Å². The van der Waals surface area contributed by atoms with Crippen molar-refractivity contribution in [2.75, 3.05) is 11.9 Å². The average molecular weight is 450 g/mol. The van der Waals surface area contributed by atoms with Crippen molar-refractivity contribution in [3.05, 3.63) is 113 Å². The monoisotopic (exact) mass is 450 g/mol. The number of anilines is 1. The van der Waals surface area contributed by atoms with Crippen molar-refractivity contribution < 1.29 is 14.3 Å². The van der Waals surface area contributed by atoms with Crippen molar-refractivity contribution in [1.82, 2.24) is 9.78 Å². The molecular weight excluding hydrogens is 428 g/mol. The van der Waals surface area contributed by atoms with Crippen LogP contribution in [0.2, 0.25) is 0 Å². The van der Waals surface area contributed by atoms with Crippen LogP contribution in [0.25, 0.3) is 5.69 Å². The molecule has 0 unspecified atom stereocenters. The molecule has 0 spiro atoms. The number of aryl methyl sites for hydroxylation is 2. The van der Waals surface area contributed by atoms with Crippen LogP contribution in [0, 0.1) is 11.3 Å². The molecule has 0 aliphatic heterocycles. The van der Waals surface area contributed by atoms with Gasteiger partial charge in [-0.1, -0.05) is 66.7 Å². The van der Waals surface area contributed by atoms with Gasteiger partial charge in [-0.25, -0.2) is 9.48 Å². The molecule has 1 amide bonds. The molecule has 0 radical (unpaired) electrons. The summed E-state index contributed by atoms with van der Waals surface area (Å²) in [6.07, 6.45) is 2.83. The van der Waals surface area contributed by atoms with E-state index in [0.29, 0.717) is 17.7 Å². The molecule has 0 atom stereocenters. The van der Waals surface area contributed by atoms with Gasteiger partial charge in [0.25, 0.3) is 5.91 Å². The molecule has 1 heterocycles. The minimum atomic E-state index is -0.573. The van der Waals surface area contributed by atoms with Gasteiger partial charge >= 0.3 is 5.97 Å². The van der Waals surface area contributed by atoms with Crippen molar-refractivity contribution in [1.29, 1.82) is 5.26 Å². The van der Waals surface area contributed by atoms with E-state index in [-0.39, 0.29) is 11.4 Å². The number of hydrogen-bond acceptors (Lipinski definition) is 5. The average Bonchev–Trinajstić information content (AvgIpc) is 3.29. The number of amides is 1. The van der Waals surface area contributed by atoms with Crippen LogP contribution in [0.4, 0.5) is 5.82 Å². The van der Waals surface area contributed by atoms with Crippen molar-refractivity contribution in [2.24, 2.45) is 0 Å². The normalized spacial score (nSPS) is 10.3. The smallest absolute Gasteiger partial charge is 0.338 e. The molecule has 7 heteroatoms. The molecule has 0 aliphatic rings. The Kier molecular flexibility index (Phi) is 7.11. The van der Waals surface area contributed by atoms with Gasteiger partial charge in [0, 0.05) is 0 Å². The predicted molar refractivity (Wildman–Crippen MR) is 127 cm³/mol. The number of carbonyl (C=O) groups is 2. The highest BCUT2D eigenvalue weighted by Crippen LogP contribution is 2.20. The Labute approximate surface area is 197 Å². The van der Waals surface area contributed by atoms with Crippen LogP contribution in [-0.2, 0) is 22.4 Å². The predicted octanol–water partition coefficient (Wildman–Crippen LogP) is 4.32. The number of para-hydroxylation sites is 1. The van der Waals surface area contributed by atoms with E-state index in [1.165, 1.54) is 16.4 Å². The lowest BCUT2D eigenvalue weighted by molar-refractivity contribution is -0.119. The maximum atomic E-state index is 12.7. The van der Waals surface area contributed by atoms with Crippen molar-refractivity contribution in [3.8, 4) is 11.8 Å². The molecule has 0 saturated heterocycles. The molecule has 0 saturated carbocycles. The molecule has 7 nitrogen and oxygen atoms in total. The van der Waals surface area contributed by atoms with Crippen LogP contribution >= 0.6 is 0 Å². The standard InChI is InChI=1S/C27H22N4O3/c28-17-22-18-29-31(23-12-5-2-6-13-23)26(22)30-25(32)19-34-27(33)24-14-8-7-11-21(24)16-15-20-9-3-1-4-10-20/h1-14,18H,15-16,19H2,(H,30,32). The summed E-state index contributed by atoms with van der Waals surface area (Å²) >= 11 is 0. The van der Waals surface area contributed by atoms with E-state index in [1.807, 2.05) is 66.7 Å². The number of ether oxygens (including phenoxy) is 1. The molecule has 0 bridgehead atoms. The Balaban J connectivity index is 1.41. The third kappa shape index (κ3) is 5.37. The lowest BCUT2D eigenvalue weighted by Gasteiger charge is -2.11. The second kappa shape index (κ2) is 10.7. The van der Waals surface area contributed by atoms with Gasteiger partial charge in [-0.05, 0) is 42.2 Å². The molecule has 4 rings (SSSR count). The third-order valence-electron chi connectivity index (χ3n) is 5.25. The first-order chi connectivity index (χ1) is 16.7. The van der Waals surface area contributed by atoms with Gasteiger partial charge in [0.2, 0.25) is 0 Å². The molecule has 168 valence electrons. The minimum Gasteiger partial charge on any atom is -0.452 e. The van der Waals surface area contributed by atoms with Gasteiger partial charge in [0.15, 0.2) is 12.4 Å². The van der Waals surface area contributed by atoms with Crippen molar-refractivity contribution >= 4 is 17.7 Å². The molecule has 0 aliphatic carbocycles. The van der Waals surface area contributed by atoms with Gasteiger partial charge in [-0.15, -0.1) is 0 Å². The summed E-state index contributed by atoms with van der Waals surface area (Å²) in [6, 6.07) is 28.3. The van der Waals surface area contributed by atoms with Crippen LogP contribution in [-0.4, -0.2) is 28.3 Å². The largest absolute Gasteiger partial charge is 0.452 e. The fourth-order valence-corrected chi connectivity index (χ4v) is 3.55. The second-order valence-corrected chi connectivity index (χ2v) is 7.53. The Hall–Kier alpha value is -4.70. The highest BCUT2D eigenvalue weighted by atomic mass is 16.5. The number of rotatable bonds is 8. The van der Waals surface area contributed by atoms with Crippen molar-refractivity contribution in [3.63, 3.8) is 0 Å². The number of carbonyl (C=O) groups excluding carboxylic acids is 2. The van der Waals surface area contributed by atoms with E-state index >= 15 is 0 Å². The number of esters is 1. The quantitative estimate of drug-likeness (QED) is 0.403. The molecule has 0 fully saturated rings. The summed E-state index contributed by atoms with van der Waals surface area (Å²) < 4.78 is 6.74. The Morgan fingerprint density at radius 3 is 2.32 bits per heavy atom. The lowest BCUT2D eigenvalue weighted by Crippen LogP contribution is -2.23. The van der Waals surface area contributed by atoms with Gasteiger partial charge in [0.05, 0.1) is 17.4 Å². The van der Waals surface area contributed by atoms with Crippen molar-refractivity contribution in [2.45, 2.75) is 12.8 Å². The van der Waals surface area contributed by atoms with E-state index in [4.69, 9.17) is 4.74 Å². The third-order valence-corrected chi connectivity index (χ3v) is 5.25. The number of nitriles is 1. The first-order valence-electron chi connectivity index (χ1n) is 10.8. The summed E-state index contributed by atoms with van der Waals surface area (Å²) in [5.41, 5.74) is 3.34. The first-order valence-corrected chi connectivity index (χ1v) is 10.8. The summed E-state index contributed by atoms with van der Waals surface area (Å²) in [5, 5.41) is 16.2. The molecule has 1 N–H and O–H groups in total. The zero-order chi connectivity index (χ0) is 23.8. The van der Waals surface area contributed by atoms with Gasteiger partial charge in [0.1, 0.15) is 11.6 Å². The van der Waals surface area contributed by atoms with Crippen LogP contribution in [0.15, 0.2) is 91.1 Å². The molecular formula is C27H22N4O3. The van der Waals surface area contributed by atoms with Crippen LogP contribution < -0.4 is 5.32 Å². The summed E-state index contributed by atoms with van der Waals surface area (Å²) in [6.45, 7) is -0.489. The van der Waals surface area contributed by atoms with Crippen LogP contribution in [0.1, 0.15) is 27.0 Å². The minimum absolute atomic E-state index is 0.204. The second-order valence-electron chi connectivity index (χ2n) is 7.53. The summed E-state index contributed by atoms with van der Waals surface area (Å²) in [5.74, 6) is -0.918. The zero-order valence-electron chi connectivity index (χ0n) is 18.3. The maximum Gasteiger partial charge on any atom is 0.338 e. The van der Waals surface area contributed by atoms with Crippen LogP contribution in [0.5, 0.6) is 0 Å². The fourth-order valence-electron chi connectivity index (χ4n) is 3.55. The Morgan fingerprint density at radius 1 is 0.912 bits per heavy atom. The maximum absolute atomic E-state index is 12.7. The highest BCUT2D eigenvalue weighted by molar-refractivity contribution is 5.96. The van der Waals surface area contributed by atoms with E-state index in [0.717, 1.165) is 12.0 Å². The Bertz CT molecular complexity index is 1330. The summed E-state index contributed by atoms with van der Waals surface area (Å²) in [7, 11) is 0. The van der Waals surface area contributed by atoms with Gasteiger partial charge < -0.3 is 10.1 Å². The fraction of sp³-hybridized carbons (Fsp3) is 0.111. The number of benzene rings is 3. The highest BCUT2D eigenvalue weighted by Gasteiger charge is 2.18. The van der Waals surface area contributed by atoms with E-state index in [2.05, 4.69) is 10.4 Å². The zero-order valence-corrected chi connectivity index (χ0v) is 18.3. The number of nitrogens with zero attached hydrogens (tertiary/aromatic N) is 3. The Morgan fingerprint density at radius 2 is 1.59 bits per heavy atom. The molecule has 34 heavy (non-hydrogen) atoms. The van der Waals surface area contributed by atoms with E-state index < -0.39 is 18.5 Å². The number of nitrogens with one attached hydrogen (secondary N) is 1. The molecule has 4 aromatic rings. The number of hydrogen-bond donors (Lipinski definition) is 1. The lowest BCUT2D eigenvalue weighted by atomic mass is 10.00. The summed E-state index contributed by atoms with van der Waals surface area (Å²) in [4.78, 5) is 25.3. The van der Waals surface area contributed by atoms with E-state index in [1.54, 1.807) is 24.3 Å². The van der Waals surface area contributed by atoms with E-state index in [9.17, 15) is 14.9 Å². The SMILES string of the molecule is N#Cc1cnn(-c2ccccc2)c1NC(=O)COC(=O)c1ccccc1CCc1ccccc1.